The third-order valence-electron chi connectivity index (χ3n) is 2.22. The minimum Gasteiger partial charge on any atom is -0.371 e. The topological polar surface area (TPSA) is 55.4 Å². The number of carbonyl (C=O) groups is 2. The fourth-order valence-corrected chi connectivity index (χ4v) is 1.43. The molecule has 86 valence electrons. The van der Waals surface area contributed by atoms with Crippen LogP contribution in [-0.4, -0.2) is 25.9 Å². The van der Waals surface area contributed by atoms with Gasteiger partial charge in [0.2, 0.25) is 6.41 Å². The highest BCUT2D eigenvalue weighted by molar-refractivity contribution is 5.60. The Kier molecular flexibility index (Phi) is 4.60. The number of hydrogen-bond acceptors (Lipinski definition) is 3. The average Bonchev–Trinajstić information content (AvgIpc) is 2.30. The van der Waals surface area contributed by atoms with Gasteiger partial charge in [0.05, 0.1) is 6.04 Å². The largest absolute Gasteiger partial charge is 0.371 e. The summed E-state index contributed by atoms with van der Waals surface area (Å²) in [6.45, 7) is 0. The quantitative estimate of drug-likeness (QED) is 0.729. The zero-order chi connectivity index (χ0) is 12.0. The first-order valence-corrected chi connectivity index (χ1v) is 4.66. The molecule has 0 heterocycles. The van der Waals surface area contributed by atoms with Crippen LogP contribution in [0, 0.1) is 5.82 Å². The van der Waals surface area contributed by atoms with Crippen molar-refractivity contribution < 1.29 is 18.7 Å². The van der Waals surface area contributed by atoms with Crippen LogP contribution in [-0.2, 0) is 14.3 Å². The third kappa shape index (κ3) is 2.64. The number of rotatable bonds is 6. The van der Waals surface area contributed by atoms with E-state index in [1.807, 2.05) is 0 Å². The van der Waals surface area contributed by atoms with Crippen LogP contribution in [0.1, 0.15) is 11.6 Å². The number of halogens is 1. The Morgan fingerprint density at radius 3 is 2.56 bits per heavy atom. The van der Waals surface area contributed by atoms with Gasteiger partial charge in [-0.1, -0.05) is 18.2 Å². The Morgan fingerprint density at radius 1 is 1.38 bits per heavy atom. The van der Waals surface area contributed by atoms with Crippen molar-refractivity contribution in [3.05, 3.63) is 35.6 Å². The van der Waals surface area contributed by atoms with E-state index in [2.05, 4.69) is 5.32 Å². The Morgan fingerprint density at radius 2 is 2.06 bits per heavy atom. The second-order valence-electron chi connectivity index (χ2n) is 3.12. The number of benzene rings is 1. The van der Waals surface area contributed by atoms with Gasteiger partial charge in [0.1, 0.15) is 11.9 Å². The SMILES string of the molecule is COC(C=O)C(NC=O)c1ccccc1F. The van der Waals surface area contributed by atoms with Gasteiger partial charge in [0.25, 0.3) is 0 Å². The number of aldehydes is 1. The van der Waals surface area contributed by atoms with Gasteiger partial charge in [-0.15, -0.1) is 0 Å². The van der Waals surface area contributed by atoms with Crippen LogP contribution >= 0.6 is 0 Å². The Balaban J connectivity index is 3.05. The van der Waals surface area contributed by atoms with Crippen LogP contribution in [0.5, 0.6) is 0 Å². The van der Waals surface area contributed by atoms with Crippen molar-refractivity contribution in [1.82, 2.24) is 5.32 Å². The van der Waals surface area contributed by atoms with E-state index < -0.39 is 18.0 Å². The van der Waals surface area contributed by atoms with Gasteiger partial charge in [-0.05, 0) is 6.07 Å². The minimum atomic E-state index is -0.915. The van der Waals surface area contributed by atoms with Crippen molar-refractivity contribution >= 4 is 12.7 Å². The molecule has 0 aliphatic rings. The van der Waals surface area contributed by atoms with Crippen LogP contribution < -0.4 is 5.32 Å². The standard InChI is InChI=1S/C11H12FNO3/c1-16-10(6-14)11(13-7-15)8-4-2-3-5-9(8)12/h2-7,10-11H,1H3,(H,13,15). The van der Waals surface area contributed by atoms with E-state index in [4.69, 9.17) is 4.74 Å². The van der Waals surface area contributed by atoms with E-state index >= 15 is 0 Å². The summed E-state index contributed by atoms with van der Waals surface area (Å²) in [5.74, 6) is -0.495. The Labute approximate surface area is 92.4 Å². The molecular weight excluding hydrogens is 213 g/mol. The van der Waals surface area contributed by atoms with Crippen molar-refractivity contribution in [2.45, 2.75) is 12.1 Å². The predicted octanol–water partition coefficient (Wildman–Crippen LogP) is 0.827. The first kappa shape index (κ1) is 12.3. The summed E-state index contributed by atoms with van der Waals surface area (Å²) in [6, 6.07) is 5.08. The fourth-order valence-electron chi connectivity index (χ4n) is 1.43. The van der Waals surface area contributed by atoms with Gasteiger partial charge >= 0.3 is 0 Å². The van der Waals surface area contributed by atoms with Gasteiger partial charge < -0.3 is 14.8 Å². The lowest BCUT2D eigenvalue weighted by Gasteiger charge is -2.21. The number of hydrogen-bond donors (Lipinski definition) is 1. The maximum atomic E-state index is 13.5. The van der Waals surface area contributed by atoms with Crippen molar-refractivity contribution in [2.24, 2.45) is 0 Å². The molecule has 0 aliphatic heterocycles. The molecule has 0 fully saturated rings. The monoisotopic (exact) mass is 225 g/mol. The number of amides is 1. The summed E-state index contributed by atoms with van der Waals surface area (Å²) in [5.41, 5.74) is 0.216. The predicted molar refractivity (Wildman–Crippen MR) is 55.2 cm³/mol. The zero-order valence-electron chi connectivity index (χ0n) is 8.72. The van der Waals surface area contributed by atoms with Crippen LogP contribution in [0.25, 0.3) is 0 Å². The van der Waals surface area contributed by atoms with Gasteiger partial charge in [0, 0.05) is 12.7 Å². The molecule has 0 radical (unpaired) electrons. The molecule has 1 aromatic rings. The summed E-state index contributed by atoms with van der Waals surface area (Å²) < 4.78 is 18.3. The van der Waals surface area contributed by atoms with E-state index in [0.29, 0.717) is 12.7 Å². The summed E-state index contributed by atoms with van der Waals surface area (Å²) in [4.78, 5) is 21.2. The molecule has 0 saturated carbocycles. The lowest BCUT2D eigenvalue weighted by molar-refractivity contribution is -0.119. The Hall–Kier alpha value is -1.75. The Bertz CT molecular complexity index is 370. The van der Waals surface area contributed by atoms with Gasteiger partial charge in [0.15, 0.2) is 6.29 Å². The molecule has 0 spiro atoms. The first-order valence-electron chi connectivity index (χ1n) is 4.66. The molecule has 4 nitrogen and oxygen atoms in total. The highest BCUT2D eigenvalue weighted by atomic mass is 19.1. The number of ether oxygens (including phenoxy) is 1. The van der Waals surface area contributed by atoms with Crippen LogP contribution in [0.4, 0.5) is 4.39 Å². The first-order chi connectivity index (χ1) is 7.74. The van der Waals surface area contributed by atoms with Crippen LogP contribution in [0.2, 0.25) is 0 Å². The molecule has 0 saturated heterocycles. The molecule has 0 aliphatic carbocycles. The lowest BCUT2D eigenvalue weighted by Crippen LogP contribution is -2.34. The minimum absolute atomic E-state index is 0.216. The molecule has 2 unspecified atom stereocenters. The van der Waals surface area contributed by atoms with Crippen molar-refractivity contribution in [3.8, 4) is 0 Å². The van der Waals surface area contributed by atoms with E-state index in [1.54, 1.807) is 6.07 Å². The van der Waals surface area contributed by atoms with E-state index in [1.165, 1.54) is 25.3 Å². The van der Waals surface area contributed by atoms with E-state index in [-0.39, 0.29) is 5.56 Å². The van der Waals surface area contributed by atoms with Crippen molar-refractivity contribution in [3.63, 3.8) is 0 Å². The summed E-state index contributed by atoms with van der Waals surface area (Å²) in [6.07, 6.45) is 0.0161. The molecule has 1 N–H and O–H groups in total. The second-order valence-corrected chi connectivity index (χ2v) is 3.12. The van der Waals surface area contributed by atoms with Crippen molar-refractivity contribution in [2.75, 3.05) is 7.11 Å². The fraction of sp³-hybridized carbons (Fsp3) is 0.273. The normalized spacial score (nSPS) is 13.9. The smallest absolute Gasteiger partial charge is 0.207 e. The molecule has 16 heavy (non-hydrogen) atoms. The molecule has 0 aromatic heterocycles. The van der Waals surface area contributed by atoms with Gasteiger partial charge in [-0.25, -0.2) is 4.39 Å². The number of nitrogens with one attached hydrogen (secondary N) is 1. The van der Waals surface area contributed by atoms with E-state index in [0.717, 1.165) is 0 Å². The molecule has 5 heteroatoms. The third-order valence-corrected chi connectivity index (χ3v) is 2.22. The van der Waals surface area contributed by atoms with Crippen LogP contribution in [0.15, 0.2) is 24.3 Å². The summed E-state index contributed by atoms with van der Waals surface area (Å²) >= 11 is 0. The zero-order valence-corrected chi connectivity index (χ0v) is 8.72. The van der Waals surface area contributed by atoms with Gasteiger partial charge in [-0.3, -0.25) is 4.79 Å². The second kappa shape index (κ2) is 5.97. The highest BCUT2D eigenvalue weighted by Crippen LogP contribution is 2.20. The average molecular weight is 225 g/mol. The van der Waals surface area contributed by atoms with Crippen LogP contribution in [0.3, 0.4) is 0 Å². The summed E-state index contributed by atoms with van der Waals surface area (Å²) in [5, 5.41) is 2.36. The molecule has 0 bridgehead atoms. The lowest BCUT2D eigenvalue weighted by atomic mass is 10.0. The molecular formula is C11H12FNO3. The number of methoxy groups -OCH3 is 1. The molecule has 2 atom stereocenters. The number of carbonyl (C=O) groups excluding carboxylic acids is 2. The van der Waals surface area contributed by atoms with Gasteiger partial charge in [-0.2, -0.15) is 0 Å². The van der Waals surface area contributed by atoms with Crippen molar-refractivity contribution in [1.29, 1.82) is 0 Å². The molecule has 1 aromatic carbocycles. The maximum absolute atomic E-state index is 13.5. The molecule has 1 rings (SSSR count). The highest BCUT2D eigenvalue weighted by Gasteiger charge is 2.24. The molecule has 1 amide bonds. The summed E-state index contributed by atoms with van der Waals surface area (Å²) in [7, 11) is 1.32. The maximum Gasteiger partial charge on any atom is 0.207 e. The van der Waals surface area contributed by atoms with E-state index in [9.17, 15) is 14.0 Å².